The first-order chi connectivity index (χ1) is 8.47. The highest BCUT2D eigenvalue weighted by Crippen LogP contribution is 2.17. The van der Waals surface area contributed by atoms with Crippen molar-refractivity contribution in [3.05, 3.63) is 53.3 Å². The van der Waals surface area contributed by atoms with E-state index >= 15 is 0 Å². The minimum atomic E-state index is -3.59. The Morgan fingerprint density at radius 3 is 2.33 bits per heavy atom. The molecule has 94 valence electrons. The molecule has 0 bridgehead atoms. The number of hydrogen-bond acceptors (Lipinski definition) is 3. The van der Waals surface area contributed by atoms with E-state index in [9.17, 15) is 8.42 Å². The van der Waals surface area contributed by atoms with Gasteiger partial charge in [-0.25, -0.2) is 8.42 Å². The molecule has 2 aromatic rings. The van der Waals surface area contributed by atoms with E-state index in [-0.39, 0.29) is 4.90 Å². The van der Waals surface area contributed by atoms with Crippen molar-refractivity contribution in [3.63, 3.8) is 0 Å². The zero-order chi connectivity index (χ0) is 13.2. The Hall–Kier alpha value is -1.59. The van der Waals surface area contributed by atoms with Crippen molar-refractivity contribution in [2.75, 3.05) is 4.72 Å². The Morgan fingerprint density at radius 2 is 1.78 bits per heavy atom. The predicted molar refractivity (Wildman–Crippen MR) is 71.2 cm³/mol. The van der Waals surface area contributed by atoms with Crippen LogP contribution in [0.15, 0.2) is 47.5 Å². The lowest BCUT2D eigenvalue weighted by Gasteiger charge is -2.07. The second-order valence-corrected chi connectivity index (χ2v) is 5.87. The lowest BCUT2D eigenvalue weighted by atomic mass is 10.4. The molecular weight excluding hydrogens is 272 g/mol. The molecule has 1 N–H and O–H groups in total. The minimum absolute atomic E-state index is 0.160. The smallest absolute Gasteiger partial charge is 0.261 e. The number of hydrogen-bond donors (Lipinski definition) is 1. The van der Waals surface area contributed by atoms with Gasteiger partial charge in [0.15, 0.2) is 0 Å². The Balaban J connectivity index is 2.27. The summed E-state index contributed by atoms with van der Waals surface area (Å²) in [6, 6.07) is 9.36. The molecular formula is C12H11ClN2O2S. The molecule has 0 aliphatic heterocycles. The van der Waals surface area contributed by atoms with Crippen LogP contribution in [-0.4, -0.2) is 13.4 Å². The largest absolute Gasteiger partial charge is 0.278 e. The van der Waals surface area contributed by atoms with Crippen LogP contribution in [0.1, 0.15) is 5.69 Å². The molecule has 1 aromatic carbocycles. The van der Waals surface area contributed by atoms with Crippen LogP contribution in [0.4, 0.5) is 5.69 Å². The SMILES string of the molecule is Cc1ccc(NS(=O)(=O)c2ccc(Cl)cc2)cn1. The zero-order valence-electron chi connectivity index (χ0n) is 9.59. The summed E-state index contributed by atoms with van der Waals surface area (Å²) in [4.78, 5) is 4.18. The quantitative estimate of drug-likeness (QED) is 0.942. The van der Waals surface area contributed by atoms with E-state index in [1.807, 2.05) is 6.92 Å². The first kappa shape index (κ1) is 12.9. The van der Waals surface area contributed by atoms with E-state index in [0.29, 0.717) is 10.7 Å². The number of nitrogens with zero attached hydrogens (tertiary/aromatic N) is 1. The van der Waals surface area contributed by atoms with Gasteiger partial charge in [-0.2, -0.15) is 0 Å². The van der Waals surface area contributed by atoms with Gasteiger partial charge in [0.2, 0.25) is 0 Å². The number of pyridine rings is 1. The predicted octanol–water partition coefficient (Wildman–Crippen LogP) is 2.84. The van der Waals surface area contributed by atoms with Gasteiger partial charge in [0.25, 0.3) is 10.0 Å². The number of sulfonamides is 1. The van der Waals surface area contributed by atoms with E-state index in [4.69, 9.17) is 11.6 Å². The molecule has 0 saturated carbocycles. The fourth-order valence-corrected chi connectivity index (χ4v) is 2.53. The van der Waals surface area contributed by atoms with Crippen molar-refractivity contribution in [3.8, 4) is 0 Å². The average molecular weight is 283 g/mol. The number of rotatable bonds is 3. The third-order valence-electron chi connectivity index (χ3n) is 2.29. The second-order valence-electron chi connectivity index (χ2n) is 3.75. The normalized spacial score (nSPS) is 11.2. The van der Waals surface area contributed by atoms with E-state index in [2.05, 4.69) is 9.71 Å². The van der Waals surface area contributed by atoms with Crippen LogP contribution in [0, 0.1) is 6.92 Å². The van der Waals surface area contributed by atoms with E-state index < -0.39 is 10.0 Å². The first-order valence-electron chi connectivity index (χ1n) is 5.18. The molecule has 0 radical (unpaired) electrons. The topological polar surface area (TPSA) is 59.1 Å². The fraction of sp³-hybridized carbons (Fsp3) is 0.0833. The van der Waals surface area contributed by atoms with Crippen LogP contribution in [0.2, 0.25) is 5.02 Å². The molecule has 18 heavy (non-hydrogen) atoms. The van der Waals surface area contributed by atoms with E-state index in [0.717, 1.165) is 5.69 Å². The summed E-state index contributed by atoms with van der Waals surface area (Å²) >= 11 is 5.71. The minimum Gasteiger partial charge on any atom is -0.278 e. The van der Waals surface area contributed by atoms with Gasteiger partial charge in [-0.1, -0.05) is 11.6 Å². The molecule has 0 unspecified atom stereocenters. The third kappa shape index (κ3) is 3.00. The van der Waals surface area contributed by atoms with Crippen molar-refractivity contribution in [1.82, 2.24) is 4.98 Å². The highest BCUT2D eigenvalue weighted by molar-refractivity contribution is 7.92. The molecule has 0 spiro atoms. The van der Waals surface area contributed by atoms with Crippen molar-refractivity contribution >= 4 is 27.3 Å². The van der Waals surface area contributed by atoms with Gasteiger partial charge >= 0.3 is 0 Å². The van der Waals surface area contributed by atoms with Crippen LogP contribution in [0.3, 0.4) is 0 Å². The molecule has 0 saturated heterocycles. The summed E-state index contributed by atoms with van der Waals surface area (Å²) in [6.07, 6.45) is 1.48. The number of benzene rings is 1. The van der Waals surface area contributed by atoms with Crippen LogP contribution in [0.5, 0.6) is 0 Å². The highest BCUT2D eigenvalue weighted by Gasteiger charge is 2.13. The first-order valence-corrected chi connectivity index (χ1v) is 7.04. The maximum Gasteiger partial charge on any atom is 0.261 e. The Labute approximate surface area is 111 Å². The summed E-state index contributed by atoms with van der Waals surface area (Å²) in [5.74, 6) is 0. The van der Waals surface area contributed by atoms with Gasteiger partial charge in [-0.15, -0.1) is 0 Å². The molecule has 0 amide bonds. The molecule has 6 heteroatoms. The number of anilines is 1. The van der Waals surface area contributed by atoms with Gasteiger partial charge in [-0.3, -0.25) is 9.71 Å². The Kier molecular flexibility index (Phi) is 3.54. The average Bonchev–Trinajstić information content (AvgIpc) is 2.32. The van der Waals surface area contributed by atoms with Gasteiger partial charge < -0.3 is 0 Å². The van der Waals surface area contributed by atoms with Crippen molar-refractivity contribution in [2.24, 2.45) is 0 Å². The summed E-state index contributed by atoms with van der Waals surface area (Å²) in [5.41, 5.74) is 1.25. The molecule has 0 aliphatic carbocycles. The van der Waals surface area contributed by atoms with Crippen LogP contribution in [0.25, 0.3) is 0 Å². The molecule has 1 aromatic heterocycles. The number of aryl methyl sites for hydroxylation is 1. The van der Waals surface area contributed by atoms with Crippen LogP contribution < -0.4 is 4.72 Å². The zero-order valence-corrected chi connectivity index (χ0v) is 11.2. The lowest BCUT2D eigenvalue weighted by Crippen LogP contribution is -2.12. The number of halogens is 1. The van der Waals surface area contributed by atoms with Gasteiger partial charge in [0.1, 0.15) is 0 Å². The Bertz CT molecular complexity index is 637. The molecule has 0 atom stereocenters. The third-order valence-corrected chi connectivity index (χ3v) is 3.94. The lowest BCUT2D eigenvalue weighted by molar-refractivity contribution is 0.601. The van der Waals surface area contributed by atoms with Crippen molar-refractivity contribution < 1.29 is 8.42 Å². The van der Waals surface area contributed by atoms with Crippen LogP contribution >= 0.6 is 11.6 Å². The summed E-state index contributed by atoms with van der Waals surface area (Å²) in [6.45, 7) is 1.83. The van der Waals surface area contributed by atoms with Gasteiger partial charge in [0, 0.05) is 10.7 Å². The monoisotopic (exact) mass is 282 g/mol. The van der Waals surface area contributed by atoms with Crippen molar-refractivity contribution in [1.29, 1.82) is 0 Å². The molecule has 2 rings (SSSR count). The maximum absolute atomic E-state index is 12.0. The molecule has 0 fully saturated rings. The fourth-order valence-electron chi connectivity index (χ4n) is 1.36. The van der Waals surface area contributed by atoms with Crippen LogP contribution in [-0.2, 0) is 10.0 Å². The van der Waals surface area contributed by atoms with E-state index in [1.165, 1.54) is 30.5 Å². The molecule has 0 aliphatic rings. The summed E-state index contributed by atoms with van der Waals surface area (Å²) in [7, 11) is -3.59. The van der Waals surface area contributed by atoms with Crippen molar-refractivity contribution in [2.45, 2.75) is 11.8 Å². The molecule has 4 nitrogen and oxygen atoms in total. The maximum atomic E-state index is 12.0. The van der Waals surface area contributed by atoms with Gasteiger partial charge in [-0.05, 0) is 43.3 Å². The van der Waals surface area contributed by atoms with E-state index in [1.54, 1.807) is 12.1 Å². The number of nitrogens with one attached hydrogen (secondary N) is 1. The summed E-state index contributed by atoms with van der Waals surface area (Å²) < 4.78 is 26.5. The van der Waals surface area contributed by atoms with Gasteiger partial charge in [0.05, 0.1) is 16.8 Å². The second kappa shape index (κ2) is 4.96. The molecule has 1 heterocycles. The Morgan fingerprint density at radius 1 is 1.11 bits per heavy atom. The standard InChI is InChI=1S/C12H11ClN2O2S/c1-9-2-5-11(8-14-9)15-18(16,17)12-6-3-10(13)4-7-12/h2-8,15H,1H3. The number of aromatic nitrogens is 1. The highest BCUT2D eigenvalue weighted by atomic mass is 35.5. The summed E-state index contributed by atoms with van der Waals surface area (Å²) in [5, 5.41) is 0.492.